The molecule has 2 heterocycles. The van der Waals surface area contributed by atoms with Crippen LogP contribution in [0.15, 0.2) is 40.5 Å². The molecule has 1 amide bonds. The summed E-state index contributed by atoms with van der Waals surface area (Å²) >= 11 is 1.46. The molecule has 1 aliphatic rings. The molecule has 0 unspecified atom stereocenters. The van der Waals surface area contributed by atoms with Gasteiger partial charge in [0, 0.05) is 5.75 Å². The zero-order valence-corrected chi connectivity index (χ0v) is 10.1. The first-order valence-electron chi connectivity index (χ1n) is 5.27. The molecule has 1 aromatic heterocycles. The Bertz CT molecular complexity index is 634. The molecule has 0 fully saturated rings. The van der Waals surface area contributed by atoms with Crippen LogP contribution in [0, 0.1) is 0 Å². The first kappa shape index (κ1) is 11.0. The lowest BCUT2D eigenvalue weighted by Crippen LogP contribution is -2.17. The van der Waals surface area contributed by atoms with Crippen molar-refractivity contribution in [2.45, 2.75) is 5.03 Å². The van der Waals surface area contributed by atoms with E-state index in [1.54, 1.807) is 0 Å². The van der Waals surface area contributed by atoms with Crippen molar-refractivity contribution in [2.24, 2.45) is 10.8 Å². The second-order valence-electron chi connectivity index (χ2n) is 3.70. The summed E-state index contributed by atoms with van der Waals surface area (Å²) in [6.07, 6.45) is 0. The molecule has 2 N–H and O–H groups in total. The normalized spacial score (nSPS) is 13.9. The Labute approximate surface area is 107 Å². The fraction of sp³-hybridized carbons (Fsp3) is 0.0909. The quantitative estimate of drug-likeness (QED) is 0.861. The van der Waals surface area contributed by atoms with E-state index in [1.165, 1.54) is 16.6 Å². The number of carbonyl (C=O) groups is 1. The predicted octanol–water partition coefficient (Wildman–Crippen LogP) is 0.735. The van der Waals surface area contributed by atoms with Crippen LogP contribution in [0.5, 0.6) is 0 Å². The van der Waals surface area contributed by atoms with Gasteiger partial charge >= 0.3 is 0 Å². The second-order valence-corrected chi connectivity index (χ2v) is 4.66. The minimum absolute atomic E-state index is 0.177. The lowest BCUT2D eigenvalue weighted by molar-refractivity contribution is 0.0992. The molecule has 0 atom stereocenters. The fourth-order valence-electron chi connectivity index (χ4n) is 1.66. The van der Waals surface area contributed by atoms with Crippen LogP contribution >= 0.6 is 11.8 Å². The summed E-state index contributed by atoms with van der Waals surface area (Å²) in [5.41, 5.74) is 7.32. The molecular formula is C11H9N5OS. The van der Waals surface area contributed by atoms with Crippen molar-refractivity contribution in [1.29, 1.82) is 0 Å². The number of thioether (sulfide) groups is 1. The molecule has 3 rings (SSSR count). The summed E-state index contributed by atoms with van der Waals surface area (Å²) in [5.74, 6) is 0.0830. The third-order valence-corrected chi connectivity index (χ3v) is 3.56. The maximum absolute atomic E-state index is 11.1. The first-order valence-corrected chi connectivity index (χ1v) is 6.26. The van der Waals surface area contributed by atoms with Crippen LogP contribution in [-0.2, 0) is 0 Å². The number of amides is 1. The van der Waals surface area contributed by atoms with Crippen molar-refractivity contribution >= 4 is 23.4 Å². The Kier molecular flexibility index (Phi) is 2.60. The highest BCUT2D eigenvalue weighted by atomic mass is 32.2. The van der Waals surface area contributed by atoms with Crippen LogP contribution in [0.3, 0.4) is 0 Å². The smallest absolute Gasteiger partial charge is 0.272 e. The van der Waals surface area contributed by atoms with Gasteiger partial charge in [0.15, 0.2) is 10.7 Å². The average Bonchev–Trinajstić information content (AvgIpc) is 2.82. The summed E-state index contributed by atoms with van der Waals surface area (Å²) < 4.78 is 0. The molecule has 0 spiro atoms. The minimum atomic E-state index is -0.581. The number of nitrogens with two attached hydrogens (primary N) is 1. The molecule has 90 valence electrons. The summed E-state index contributed by atoms with van der Waals surface area (Å²) in [7, 11) is 0. The Morgan fingerprint density at radius 2 is 2.11 bits per heavy atom. The van der Waals surface area contributed by atoms with Gasteiger partial charge < -0.3 is 5.73 Å². The van der Waals surface area contributed by atoms with Gasteiger partial charge in [-0.3, -0.25) is 4.79 Å². The van der Waals surface area contributed by atoms with Gasteiger partial charge in [0.2, 0.25) is 0 Å². The number of aromatic nitrogens is 3. The maximum atomic E-state index is 11.1. The molecule has 0 radical (unpaired) electrons. The van der Waals surface area contributed by atoms with Crippen molar-refractivity contribution in [3.05, 3.63) is 41.6 Å². The molecular weight excluding hydrogens is 250 g/mol. The van der Waals surface area contributed by atoms with Crippen LogP contribution in [0.2, 0.25) is 0 Å². The van der Waals surface area contributed by atoms with Crippen molar-refractivity contribution in [3.8, 4) is 0 Å². The van der Waals surface area contributed by atoms with E-state index in [4.69, 9.17) is 5.73 Å². The molecule has 0 aliphatic carbocycles. The highest BCUT2D eigenvalue weighted by molar-refractivity contribution is 8.00. The number of hydrogen-bond acceptors (Lipinski definition) is 5. The fourth-order valence-corrected chi connectivity index (χ4v) is 2.63. The van der Waals surface area contributed by atoms with E-state index in [0.29, 0.717) is 10.8 Å². The average molecular weight is 259 g/mol. The van der Waals surface area contributed by atoms with Crippen molar-refractivity contribution in [1.82, 2.24) is 15.1 Å². The highest BCUT2D eigenvalue weighted by Crippen LogP contribution is 2.26. The first-order chi connectivity index (χ1) is 8.75. The number of fused-ring (bicyclic) bond motifs is 1. The van der Waals surface area contributed by atoms with E-state index in [0.717, 1.165) is 11.3 Å². The SMILES string of the molecule is NC(=O)c1nnn2c1SCC(c1ccccc1)=N2. The van der Waals surface area contributed by atoms with E-state index >= 15 is 0 Å². The van der Waals surface area contributed by atoms with Crippen molar-refractivity contribution < 1.29 is 4.79 Å². The van der Waals surface area contributed by atoms with Gasteiger partial charge in [-0.2, -0.15) is 5.10 Å². The van der Waals surface area contributed by atoms with E-state index in [2.05, 4.69) is 15.4 Å². The Hall–Kier alpha value is -2.15. The summed E-state index contributed by atoms with van der Waals surface area (Å²) in [6, 6.07) is 9.82. The van der Waals surface area contributed by atoms with Crippen molar-refractivity contribution in [2.75, 3.05) is 5.75 Å². The molecule has 0 saturated carbocycles. The van der Waals surface area contributed by atoms with Gasteiger partial charge in [-0.15, -0.1) is 9.89 Å². The standard InChI is InChI=1S/C11H9N5OS/c12-10(17)9-11-16(15-13-9)14-8(6-18-11)7-4-2-1-3-5-7/h1-5H,6H2,(H2,12,17). The van der Waals surface area contributed by atoms with Gasteiger partial charge in [-0.1, -0.05) is 42.1 Å². The van der Waals surface area contributed by atoms with Crippen LogP contribution in [0.25, 0.3) is 0 Å². The lowest BCUT2D eigenvalue weighted by Gasteiger charge is -2.12. The molecule has 6 nitrogen and oxygen atoms in total. The van der Waals surface area contributed by atoms with E-state index in [9.17, 15) is 4.79 Å². The number of rotatable bonds is 2. The molecule has 2 aromatic rings. The molecule has 0 bridgehead atoms. The number of carbonyl (C=O) groups excluding carboxylic acids is 1. The number of benzene rings is 1. The van der Waals surface area contributed by atoms with Crippen LogP contribution < -0.4 is 5.73 Å². The number of nitrogens with zero attached hydrogens (tertiary/aromatic N) is 4. The minimum Gasteiger partial charge on any atom is -0.364 e. The summed E-state index contributed by atoms with van der Waals surface area (Å²) in [4.78, 5) is 12.5. The van der Waals surface area contributed by atoms with Crippen molar-refractivity contribution in [3.63, 3.8) is 0 Å². The van der Waals surface area contributed by atoms with Crippen LogP contribution in [-0.4, -0.2) is 32.5 Å². The Morgan fingerprint density at radius 1 is 1.33 bits per heavy atom. The summed E-state index contributed by atoms with van der Waals surface area (Å²) in [5, 5.41) is 12.5. The van der Waals surface area contributed by atoms with E-state index < -0.39 is 5.91 Å². The zero-order valence-electron chi connectivity index (χ0n) is 9.28. The van der Waals surface area contributed by atoms with E-state index in [-0.39, 0.29) is 5.69 Å². The van der Waals surface area contributed by atoms with Gasteiger partial charge in [-0.05, 0) is 10.8 Å². The topological polar surface area (TPSA) is 86.2 Å². The Balaban J connectivity index is 2.03. The molecule has 1 aliphatic heterocycles. The van der Waals surface area contributed by atoms with Crippen LogP contribution in [0.4, 0.5) is 0 Å². The van der Waals surface area contributed by atoms with Crippen LogP contribution in [0.1, 0.15) is 16.1 Å². The largest absolute Gasteiger partial charge is 0.364 e. The Morgan fingerprint density at radius 3 is 2.83 bits per heavy atom. The lowest BCUT2D eigenvalue weighted by atomic mass is 10.1. The molecule has 18 heavy (non-hydrogen) atoms. The van der Waals surface area contributed by atoms with E-state index in [1.807, 2.05) is 30.3 Å². The number of hydrogen-bond donors (Lipinski definition) is 1. The highest BCUT2D eigenvalue weighted by Gasteiger charge is 2.22. The maximum Gasteiger partial charge on any atom is 0.272 e. The molecule has 1 aromatic carbocycles. The zero-order chi connectivity index (χ0) is 12.5. The van der Waals surface area contributed by atoms with Gasteiger partial charge in [0.05, 0.1) is 5.71 Å². The second kappa shape index (κ2) is 4.26. The predicted molar refractivity (Wildman–Crippen MR) is 67.6 cm³/mol. The molecule has 7 heteroatoms. The number of primary amides is 1. The third kappa shape index (κ3) is 1.78. The molecule has 0 saturated heterocycles. The van der Waals surface area contributed by atoms with Gasteiger partial charge in [0.1, 0.15) is 0 Å². The monoisotopic (exact) mass is 259 g/mol. The third-order valence-electron chi connectivity index (χ3n) is 2.52. The summed E-state index contributed by atoms with van der Waals surface area (Å²) in [6.45, 7) is 0. The van der Waals surface area contributed by atoms with Gasteiger partial charge in [-0.25, -0.2) is 0 Å². The van der Waals surface area contributed by atoms with Gasteiger partial charge in [0.25, 0.3) is 5.91 Å².